The summed E-state index contributed by atoms with van der Waals surface area (Å²) in [5.74, 6) is 0.917. The first-order valence-electron chi connectivity index (χ1n) is 6.37. The van der Waals surface area contributed by atoms with Crippen molar-refractivity contribution in [2.75, 3.05) is 26.4 Å². The van der Waals surface area contributed by atoms with Crippen LogP contribution in [0, 0.1) is 6.92 Å². The maximum absolute atomic E-state index is 8.60. The highest BCUT2D eigenvalue weighted by molar-refractivity contribution is 5.41. The van der Waals surface area contributed by atoms with Crippen LogP contribution >= 0.6 is 0 Å². The Morgan fingerprint density at radius 2 is 1.83 bits per heavy atom. The van der Waals surface area contributed by atoms with Crippen LogP contribution in [0.2, 0.25) is 0 Å². The monoisotopic (exact) mass is 252 g/mol. The molecule has 0 aliphatic heterocycles. The zero-order chi connectivity index (χ0) is 13.6. The molecule has 0 unspecified atom stereocenters. The second-order valence-corrected chi connectivity index (χ2v) is 5.43. The minimum absolute atomic E-state index is 0.0533. The highest BCUT2D eigenvalue weighted by Gasteiger charge is 2.18. The topological polar surface area (TPSA) is 38.7 Å². The van der Waals surface area contributed by atoms with Crippen molar-refractivity contribution >= 4 is 0 Å². The first kappa shape index (κ1) is 15.0. The van der Waals surface area contributed by atoms with E-state index in [0.717, 1.165) is 5.75 Å². The number of aliphatic hydroxyl groups is 1. The van der Waals surface area contributed by atoms with Crippen molar-refractivity contribution in [3.8, 4) is 5.75 Å². The number of ether oxygens (including phenoxy) is 2. The van der Waals surface area contributed by atoms with Crippen LogP contribution in [0.4, 0.5) is 0 Å². The molecule has 102 valence electrons. The maximum atomic E-state index is 8.60. The molecule has 3 nitrogen and oxygen atoms in total. The third kappa shape index (κ3) is 4.67. The molecule has 0 bridgehead atoms. The molecule has 0 atom stereocenters. The molecule has 1 aromatic rings. The van der Waals surface area contributed by atoms with Crippen LogP contribution in [-0.2, 0) is 10.2 Å². The second-order valence-electron chi connectivity index (χ2n) is 5.43. The molecule has 0 spiro atoms. The number of aryl methyl sites for hydroxylation is 1. The van der Waals surface area contributed by atoms with E-state index in [-0.39, 0.29) is 12.0 Å². The van der Waals surface area contributed by atoms with Gasteiger partial charge in [0.05, 0.1) is 19.8 Å². The van der Waals surface area contributed by atoms with Crippen molar-refractivity contribution in [3.63, 3.8) is 0 Å². The van der Waals surface area contributed by atoms with Crippen molar-refractivity contribution in [1.29, 1.82) is 0 Å². The Bertz CT molecular complexity index is 366. The Kier molecular flexibility index (Phi) is 5.63. The van der Waals surface area contributed by atoms with Gasteiger partial charge in [-0.25, -0.2) is 0 Å². The van der Waals surface area contributed by atoms with Gasteiger partial charge in [0.25, 0.3) is 0 Å². The van der Waals surface area contributed by atoms with E-state index in [1.807, 2.05) is 6.07 Å². The molecule has 1 aromatic carbocycles. The van der Waals surface area contributed by atoms with E-state index in [9.17, 15) is 0 Å². The van der Waals surface area contributed by atoms with Gasteiger partial charge >= 0.3 is 0 Å². The largest absolute Gasteiger partial charge is 0.491 e. The summed E-state index contributed by atoms with van der Waals surface area (Å²) in [5.41, 5.74) is 2.52. The number of rotatable bonds is 6. The summed E-state index contributed by atoms with van der Waals surface area (Å²) in [4.78, 5) is 0. The third-order valence-corrected chi connectivity index (χ3v) is 2.66. The highest BCUT2D eigenvalue weighted by Crippen LogP contribution is 2.32. The van der Waals surface area contributed by atoms with E-state index >= 15 is 0 Å². The summed E-state index contributed by atoms with van der Waals surface area (Å²) >= 11 is 0. The highest BCUT2D eigenvalue weighted by atomic mass is 16.5. The molecule has 0 fully saturated rings. The van der Waals surface area contributed by atoms with Crippen LogP contribution in [0.25, 0.3) is 0 Å². The zero-order valence-electron chi connectivity index (χ0n) is 11.8. The Hall–Kier alpha value is -1.06. The first-order chi connectivity index (χ1) is 8.45. The molecular formula is C15H24O3. The molecule has 1 N–H and O–H groups in total. The van der Waals surface area contributed by atoms with Gasteiger partial charge in [0.2, 0.25) is 0 Å². The summed E-state index contributed by atoms with van der Waals surface area (Å²) in [6.45, 7) is 10.0. The molecule has 1 rings (SSSR count). The maximum Gasteiger partial charge on any atom is 0.123 e. The number of benzene rings is 1. The van der Waals surface area contributed by atoms with Gasteiger partial charge in [-0.05, 0) is 24.0 Å². The minimum atomic E-state index is 0.0533. The van der Waals surface area contributed by atoms with Crippen LogP contribution in [0.5, 0.6) is 5.75 Å². The lowest BCUT2D eigenvalue weighted by Crippen LogP contribution is -2.16. The van der Waals surface area contributed by atoms with Gasteiger partial charge in [0.1, 0.15) is 12.4 Å². The van der Waals surface area contributed by atoms with E-state index in [4.69, 9.17) is 14.6 Å². The lowest BCUT2D eigenvalue weighted by atomic mass is 9.85. The molecule has 3 heteroatoms. The standard InChI is InChI=1S/C15H24O3/c1-12-5-6-14(13(11-12)15(2,3)4)18-10-9-17-8-7-16/h5-6,11,16H,7-10H2,1-4H3. The van der Waals surface area contributed by atoms with Crippen molar-refractivity contribution in [2.24, 2.45) is 0 Å². The fourth-order valence-electron chi connectivity index (χ4n) is 1.73. The van der Waals surface area contributed by atoms with Crippen LogP contribution in [0.15, 0.2) is 18.2 Å². The summed E-state index contributed by atoms with van der Waals surface area (Å²) in [6, 6.07) is 6.24. The average molecular weight is 252 g/mol. The molecule has 0 aliphatic rings. The second kappa shape index (κ2) is 6.76. The normalized spacial score (nSPS) is 11.6. The summed E-state index contributed by atoms with van der Waals surface area (Å²) < 4.78 is 10.9. The molecule has 0 aliphatic carbocycles. The molecule has 18 heavy (non-hydrogen) atoms. The Morgan fingerprint density at radius 3 is 2.44 bits per heavy atom. The minimum Gasteiger partial charge on any atom is -0.491 e. The number of aliphatic hydroxyl groups excluding tert-OH is 1. The van der Waals surface area contributed by atoms with Crippen molar-refractivity contribution in [1.82, 2.24) is 0 Å². The average Bonchev–Trinajstić information content (AvgIpc) is 2.29. The molecule has 0 radical (unpaired) electrons. The molecule has 0 saturated heterocycles. The summed E-state index contributed by atoms with van der Waals surface area (Å²) in [5, 5.41) is 8.60. The van der Waals surface area contributed by atoms with Crippen LogP contribution in [-0.4, -0.2) is 31.5 Å². The Morgan fingerprint density at radius 1 is 1.11 bits per heavy atom. The molecular weight excluding hydrogens is 228 g/mol. The predicted molar refractivity (Wildman–Crippen MR) is 73.3 cm³/mol. The fourth-order valence-corrected chi connectivity index (χ4v) is 1.73. The van der Waals surface area contributed by atoms with Gasteiger partial charge in [0.15, 0.2) is 0 Å². The quantitative estimate of drug-likeness (QED) is 0.791. The van der Waals surface area contributed by atoms with Gasteiger partial charge in [-0.15, -0.1) is 0 Å². The van der Waals surface area contributed by atoms with E-state index in [2.05, 4.69) is 39.8 Å². The fraction of sp³-hybridized carbons (Fsp3) is 0.600. The van der Waals surface area contributed by atoms with Crippen LogP contribution < -0.4 is 4.74 Å². The van der Waals surface area contributed by atoms with Gasteiger partial charge in [-0.2, -0.15) is 0 Å². The van der Waals surface area contributed by atoms with Crippen molar-refractivity contribution in [2.45, 2.75) is 33.1 Å². The van der Waals surface area contributed by atoms with Crippen molar-refractivity contribution < 1.29 is 14.6 Å². The Labute approximate surface area is 110 Å². The zero-order valence-corrected chi connectivity index (χ0v) is 11.8. The lowest BCUT2D eigenvalue weighted by molar-refractivity contribution is 0.0701. The predicted octanol–water partition coefficient (Wildman–Crippen LogP) is 2.68. The van der Waals surface area contributed by atoms with Gasteiger partial charge in [0, 0.05) is 0 Å². The van der Waals surface area contributed by atoms with E-state index in [0.29, 0.717) is 19.8 Å². The smallest absolute Gasteiger partial charge is 0.123 e. The molecule has 0 saturated carbocycles. The first-order valence-corrected chi connectivity index (χ1v) is 6.37. The lowest BCUT2D eigenvalue weighted by Gasteiger charge is -2.23. The Balaban J connectivity index is 2.65. The van der Waals surface area contributed by atoms with Gasteiger partial charge < -0.3 is 14.6 Å². The summed E-state index contributed by atoms with van der Waals surface area (Å²) in [6.07, 6.45) is 0. The van der Waals surface area contributed by atoms with Crippen LogP contribution in [0.1, 0.15) is 31.9 Å². The summed E-state index contributed by atoms with van der Waals surface area (Å²) in [7, 11) is 0. The van der Waals surface area contributed by atoms with Crippen molar-refractivity contribution in [3.05, 3.63) is 29.3 Å². The SMILES string of the molecule is Cc1ccc(OCCOCCO)c(C(C)(C)C)c1. The van der Waals surface area contributed by atoms with E-state index in [1.54, 1.807) is 0 Å². The third-order valence-electron chi connectivity index (χ3n) is 2.66. The molecule has 0 aromatic heterocycles. The number of hydrogen-bond acceptors (Lipinski definition) is 3. The molecule has 0 amide bonds. The van der Waals surface area contributed by atoms with E-state index in [1.165, 1.54) is 11.1 Å². The molecule has 0 heterocycles. The van der Waals surface area contributed by atoms with Gasteiger partial charge in [-0.3, -0.25) is 0 Å². The van der Waals surface area contributed by atoms with Gasteiger partial charge in [-0.1, -0.05) is 38.5 Å². The van der Waals surface area contributed by atoms with Crippen LogP contribution in [0.3, 0.4) is 0 Å². The van der Waals surface area contributed by atoms with E-state index < -0.39 is 0 Å². The number of hydrogen-bond donors (Lipinski definition) is 1.